The molecular formula is C30H26N8O. The summed E-state index contributed by atoms with van der Waals surface area (Å²) in [7, 11) is 0. The lowest BCUT2D eigenvalue weighted by Crippen LogP contribution is -2.29. The van der Waals surface area contributed by atoms with Crippen LogP contribution in [-0.2, 0) is 0 Å². The van der Waals surface area contributed by atoms with Crippen LogP contribution in [0.25, 0.3) is 44.7 Å². The number of imidazole rings is 1. The maximum atomic E-state index is 12.6. The number of anilines is 2. The number of piperidine rings is 1. The second-order valence-electron chi connectivity index (χ2n) is 9.78. The van der Waals surface area contributed by atoms with E-state index in [0.717, 1.165) is 57.7 Å². The van der Waals surface area contributed by atoms with Crippen molar-refractivity contribution in [3.8, 4) is 22.8 Å². The van der Waals surface area contributed by atoms with Gasteiger partial charge in [-0.3, -0.25) is 19.9 Å². The van der Waals surface area contributed by atoms with Crippen molar-refractivity contribution in [2.75, 3.05) is 23.3 Å². The van der Waals surface area contributed by atoms with E-state index < -0.39 is 0 Å². The minimum absolute atomic E-state index is 0.191. The van der Waals surface area contributed by atoms with Crippen molar-refractivity contribution in [3.63, 3.8) is 0 Å². The highest BCUT2D eigenvalue weighted by atomic mass is 16.1. The minimum atomic E-state index is -0.191. The number of fused-ring (bicyclic) bond motifs is 2. The van der Waals surface area contributed by atoms with Gasteiger partial charge in [-0.25, -0.2) is 4.98 Å². The largest absolute Gasteiger partial charge is 0.370 e. The smallest absolute Gasteiger partial charge is 0.255 e. The number of para-hydroxylation sites is 1. The highest BCUT2D eigenvalue weighted by molar-refractivity contribution is 6.04. The molecule has 0 atom stereocenters. The molecule has 3 N–H and O–H groups in total. The number of aromatic nitrogens is 6. The summed E-state index contributed by atoms with van der Waals surface area (Å²) in [6, 6.07) is 19.2. The predicted octanol–water partition coefficient (Wildman–Crippen LogP) is 5.81. The van der Waals surface area contributed by atoms with Gasteiger partial charge in [0.25, 0.3) is 5.91 Å². The molecular weight excluding hydrogens is 488 g/mol. The molecule has 9 nitrogen and oxygen atoms in total. The van der Waals surface area contributed by atoms with E-state index in [1.165, 1.54) is 19.3 Å². The summed E-state index contributed by atoms with van der Waals surface area (Å²) in [4.78, 5) is 32.5. The van der Waals surface area contributed by atoms with E-state index in [1.807, 2.05) is 30.3 Å². The number of hydrogen-bond acceptors (Lipinski definition) is 6. The number of carbonyl (C=O) groups is 1. The number of nitrogens with one attached hydrogen (secondary N) is 3. The Bertz CT molecular complexity index is 1800. The van der Waals surface area contributed by atoms with Crippen LogP contribution in [0.1, 0.15) is 29.6 Å². The summed E-state index contributed by atoms with van der Waals surface area (Å²) in [5.41, 5.74) is 7.35. The first-order valence-electron chi connectivity index (χ1n) is 13.1. The third-order valence-electron chi connectivity index (χ3n) is 7.19. The molecule has 1 aliphatic heterocycles. The number of amides is 1. The van der Waals surface area contributed by atoms with Crippen LogP contribution in [0, 0.1) is 0 Å². The van der Waals surface area contributed by atoms with Gasteiger partial charge in [0.2, 0.25) is 0 Å². The molecule has 9 heteroatoms. The predicted molar refractivity (Wildman–Crippen MR) is 153 cm³/mol. The summed E-state index contributed by atoms with van der Waals surface area (Å²) in [6.07, 6.45) is 8.82. The Kier molecular flexibility index (Phi) is 5.73. The number of rotatable bonds is 5. The molecule has 39 heavy (non-hydrogen) atoms. The maximum Gasteiger partial charge on any atom is 0.255 e. The second-order valence-corrected chi connectivity index (χ2v) is 9.78. The molecule has 1 amide bonds. The molecule has 0 bridgehead atoms. The highest BCUT2D eigenvalue weighted by Crippen LogP contribution is 2.33. The van der Waals surface area contributed by atoms with E-state index in [0.29, 0.717) is 17.1 Å². The Morgan fingerprint density at radius 3 is 2.64 bits per heavy atom. The quantitative estimate of drug-likeness (QED) is 0.268. The van der Waals surface area contributed by atoms with E-state index in [1.54, 1.807) is 30.7 Å². The summed E-state index contributed by atoms with van der Waals surface area (Å²) in [5, 5.41) is 11.5. The fraction of sp³-hybridized carbons (Fsp3) is 0.167. The first-order chi connectivity index (χ1) is 19.2. The van der Waals surface area contributed by atoms with Crippen LogP contribution < -0.4 is 10.2 Å². The van der Waals surface area contributed by atoms with Gasteiger partial charge in [0.1, 0.15) is 11.2 Å². The van der Waals surface area contributed by atoms with Gasteiger partial charge in [0.05, 0.1) is 40.5 Å². The van der Waals surface area contributed by atoms with Crippen LogP contribution in [0.15, 0.2) is 79.3 Å². The van der Waals surface area contributed by atoms with Crippen LogP contribution in [0.2, 0.25) is 0 Å². The lowest BCUT2D eigenvalue weighted by atomic mass is 10.1. The molecule has 1 fully saturated rings. The van der Waals surface area contributed by atoms with Crippen molar-refractivity contribution < 1.29 is 4.79 Å². The van der Waals surface area contributed by atoms with E-state index in [9.17, 15) is 4.79 Å². The average molecular weight is 515 g/mol. The fourth-order valence-corrected chi connectivity index (χ4v) is 5.22. The molecule has 6 aromatic rings. The van der Waals surface area contributed by atoms with Crippen LogP contribution >= 0.6 is 0 Å². The van der Waals surface area contributed by atoms with Gasteiger partial charge in [0.15, 0.2) is 5.82 Å². The third kappa shape index (κ3) is 4.37. The molecule has 7 rings (SSSR count). The van der Waals surface area contributed by atoms with Crippen molar-refractivity contribution in [1.82, 2.24) is 30.1 Å². The van der Waals surface area contributed by atoms with Crippen LogP contribution in [-0.4, -0.2) is 49.1 Å². The van der Waals surface area contributed by atoms with Gasteiger partial charge < -0.3 is 15.2 Å². The standard InChI is InChI=1S/C30H26N8O/c39-30(19-8-3-1-4-9-19)33-21-14-20(16-31-17-21)24-15-22-25(18-32-24)36-37-27(22)29-34-23-10-7-11-26(28(23)35-29)38-12-5-2-6-13-38/h1,3-4,7-11,14-18H,2,5-6,12-13H2,(H,33,39)(H,34,35)(H,36,37). The topological polar surface area (TPSA) is 115 Å². The molecule has 5 heterocycles. The van der Waals surface area contributed by atoms with Crippen molar-refractivity contribution in [2.45, 2.75) is 19.3 Å². The molecule has 1 saturated heterocycles. The monoisotopic (exact) mass is 514 g/mol. The molecule has 2 aromatic carbocycles. The van der Waals surface area contributed by atoms with Gasteiger partial charge in [-0.15, -0.1) is 0 Å². The number of benzene rings is 2. The van der Waals surface area contributed by atoms with Gasteiger partial charge in [-0.05, 0) is 55.7 Å². The molecule has 0 unspecified atom stereocenters. The normalized spacial score (nSPS) is 13.7. The van der Waals surface area contributed by atoms with Crippen LogP contribution in [0.3, 0.4) is 0 Å². The summed E-state index contributed by atoms with van der Waals surface area (Å²) >= 11 is 0. The fourth-order valence-electron chi connectivity index (χ4n) is 5.22. The SMILES string of the molecule is O=C(Nc1cncc(-c2cc3c(-c4nc5c(N6CCCCC6)cccc5[nH]4)n[nH]c3cn2)c1)c1ccccc1. The van der Waals surface area contributed by atoms with E-state index in [4.69, 9.17) is 4.98 Å². The Morgan fingerprint density at radius 2 is 1.77 bits per heavy atom. The summed E-state index contributed by atoms with van der Waals surface area (Å²) in [5.74, 6) is 0.517. The lowest BCUT2D eigenvalue weighted by molar-refractivity contribution is 0.102. The highest BCUT2D eigenvalue weighted by Gasteiger charge is 2.19. The zero-order valence-electron chi connectivity index (χ0n) is 21.2. The molecule has 0 saturated carbocycles. The van der Waals surface area contributed by atoms with Gasteiger partial charge in [0, 0.05) is 35.8 Å². The molecule has 0 radical (unpaired) electrons. The van der Waals surface area contributed by atoms with E-state index in [-0.39, 0.29) is 5.91 Å². The molecule has 4 aromatic heterocycles. The van der Waals surface area contributed by atoms with Crippen LogP contribution in [0.4, 0.5) is 11.4 Å². The number of H-pyrrole nitrogens is 2. The molecule has 0 spiro atoms. The average Bonchev–Trinajstić information content (AvgIpc) is 3.62. The summed E-state index contributed by atoms with van der Waals surface area (Å²) < 4.78 is 0. The first kappa shape index (κ1) is 23.1. The number of aromatic amines is 2. The Hall–Kier alpha value is -5.05. The minimum Gasteiger partial charge on any atom is -0.370 e. The lowest BCUT2D eigenvalue weighted by Gasteiger charge is -2.28. The second kappa shape index (κ2) is 9.68. The molecule has 1 aliphatic rings. The molecule has 192 valence electrons. The number of hydrogen-bond donors (Lipinski definition) is 3. The van der Waals surface area contributed by atoms with Gasteiger partial charge in [-0.2, -0.15) is 5.10 Å². The third-order valence-corrected chi connectivity index (χ3v) is 7.19. The number of carbonyl (C=O) groups excluding carboxylic acids is 1. The van der Waals surface area contributed by atoms with Crippen molar-refractivity contribution in [2.24, 2.45) is 0 Å². The van der Waals surface area contributed by atoms with Crippen molar-refractivity contribution in [1.29, 1.82) is 0 Å². The Labute approximate surface area is 224 Å². The number of pyridine rings is 2. The zero-order valence-corrected chi connectivity index (χ0v) is 21.2. The Morgan fingerprint density at radius 1 is 0.897 bits per heavy atom. The zero-order chi connectivity index (χ0) is 26.2. The molecule has 0 aliphatic carbocycles. The van der Waals surface area contributed by atoms with E-state index in [2.05, 4.69) is 53.6 Å². The van der Waals surface area contributed by atoms with Crippen LogP contribution in [0.5, 0.6) is 0 Å². The van der Waals surface area contributed by atoms with Crippen molar-refractivity contribution >= 4 is 39.2 Å². The first-order valence-corrected chi connectivity index (χ1v) is 13.1. The summed E-state index contributed by atoms with van der Waals surface area (Å²) in [6.45, 7) is 2.11. The van der Waals surface area contributed by atoms with Crippen molar-refractivity contribution in [3.05, 3.63) is 84.8 Å². The maximum absolute atomic E-state index is 12.6. The van der Waals surface area contributed by atoms with E-state index >= 15 is 0 Å². The number of nitrogens with zero attached hydrogens (tertiary/aromatic N) is 5. The van der Waals surface area contributed by atoms with Gasteiger partial charge >= 0.3 is 0 Å². The Balaban J connectivity index is 1.22. The van der Waals surface area contributed by atoms with Gasteiger partial charge in [-0.1, -0.05) is 24.3 Å².